The van der Waals surface area contributed by atoms with Crippen molar-refractivity contribution in [2.24, 2.45) is 0 Å². The Morgan fingerprint density at radius 3 is 2.52 bits per heavy atom. The van der Waals surface area contributed by atoms with Gasteiger partial charge in [-0.05, 0) is 38.1 Å². The van der Waals surface area contributed by atoms with E-state index in [2.05, 4.69) is 10.2 Å². The number of hydrogen-bond donors (Lipinski definition) is 1. The number of allylic oxidation sites excluding steroid dienone is 1. The Hall–Kier alpha value is -2.34. The number of anilines is 2. The molecule has 1 heterocycles. The Labute approximate surface area is 136 Å². The maximum Gasteiger partial charge on any atom is 0.331 e. The molecule has 0 spiro atoms. The van der Waals surface area contributed by atoms with Crippen LogP contribution in [0.2, 0.25) is 0 Å². The standard InChI is InChI=1S/C17H22N2O4/c1-3-4-16(20)23-13(2)17(21)18-14-5-7-15(8-6-14)19-9-11-22-12-10-19/h3-8,13H,9-12H2,1-2H3,(H,18,21)/b4-3-/t13-/m0/s1. The molecule has 1 amide bonds. The summed E-state index contributed by atoms with van der Waals surface area (Å²) in [5, 5.41) is 2.74. The molecule has 0 saturated carbocycles. The summed E-state index contributed by atoms with van der Waals surface area (Å²) in [7, 11) is 0. The number of ether oxygens (including phenoxy) is 2. The van der Waals surface area contributed by atoms with E-state index in [1.807, 2.05) is 24.3 Å². The van der Waals surface area contributed by atoms with Gasteiger partial charge in [-0.1, -0.05) is 6.08 Å². The Bertz CT molecular complexity index is 562. The Morgan fingerprint density at radius 1 is 1.26 bits per heavy atom. The third kappa shape index (κ3) is 5.10. The molecule has 0 bridgehead atoms. The number of carbonyl (C=O) groups is 2. The van der Waals surface area contributed by atoms with E-state index < -0.39 is 12.1 Å². The summed E-state index contributed by atoms with van der Waals surface area (Å²) in [6.45, 7) is 6.44. The predicted octanol–water partition coefficient (Wildman–Crippen LogP) is 1.97. The number of nitrogens with zero attached hydrogens (tertiary/aromatic N) is 1. The van der Waals surface area contributed by atoms with Crippen LogP contribution in [0.1, 0.15) is 13.8 Å². The first kappa shape index (κ1) is 17.0. The highest BCUT2D eigenvalue weighted by molar-refractivity contribution is 5.96. The molecule has 23 heavy (non-hydrogen) atoms. The average molecular weight is 318 g/mol. The van der Waals surface area contributed by atoms with E-state index in [0.29, 0.717) is 5.69 Å². The summed E-state index contributed by atoms with van der Waals surface area (Å²) in [4.78, 5) is 25.6. The zero-order valence-electron chi connectivity index (χ0n) is 13.5. The molecular weight excluding hydrogens is 296 g/mol. The van der Waals surface area contributed by atoms with Gasteiger partial charge in [-0.2, -0.15) is 0 Å². The van der Waals surface area contributed by atoms with Crippen LogP contribution in [0.4, 0.5) is 11.4 Å². The molecule has 1 saturated heterocycles. The Kier molecular flexibility index (Phi) is 6.17. The predicted molar refractivity (Wildman–Crippen MR) is 88.5 cm³/mol. The van der Waals surface area contributed by atoms with Crippen molar-refractivity contribution in [1.29, 1.82) is 0 Å². The quantitative estimate of drug-likeness (QED) is 0.664. The minimum Gasteiger partial charge on any atom is -0.449 e. The van der Waals surface area contributed by atoms with Crippen LogP contribution in [0, 0.1) is 0 Å². The van der Waals surface area contributed by atoms with Crippen LogP contribution in [-0.4, -0.2) is 44.3 Å². The van der Waals surface area contributed by atoms with Gasteiger partial charge >= 0.3 is 5.97 Å². The molecule has 1 aromatic carbocycles. The van der Waals surface area contributed by atoms with Crippen LogP contribution in [0.15, 0.2) is 36.4 Å². The minimum absolute atomic E-state index is 0.359. The monoisotopic (exact) mass is 318 g/mol. The largest absolute Gasteiger partial charge is 0.449 e. The lowest BCUT2D eigenvalue weighted by Gasteiger charge is -2.28. The first-order valence-corrected chi connectivity index (χ1v) is 7.67. The zero-order chi connectivity index (χ0) is 16.7. The molecular formula is C17H22N2O4. The lowest BCUT2D eigenvalue weighted by Crippen LogP contribution is -2.36. The highest BCUT2D eigenvalue weighted by Gasteiger charge is 2.17. The van der Waals surface area contributed by atoms with Crippen LogP contribution in [0.5, 0.6) is 0 Å². The van der Waals surface area contributed by atoms with Crippen molar-refractivity contribution in [3.63, 3.8) is 0 Å². The topological polar surface area (TPSA) is 67.9 Å². The molecule has 6 heteroatoms. The van der Waals surface area contributed by atoms with Crippen molar-refractivity contribution in [3.05, 3.63) is 36.4 Å². The summed E-state index contributed by atoms with van der Waals surface area (Å²) in [6.07, 6.45) is 2.00. The van der Waals surface area contributed by atoms with Crippen molar-refractivity contribution in [2.45, 2.75) is 20.0 Å². The van der Waals surface area contributed by atoms with Gasteiger partial charge in [-0.15, -0.1) is 0 Å². The molecule has 1 aliphatic heterocycles. The average Bonchev–Trinajstić information content (AvgIpc) is 2.56. The molecule has 0 aliphatic carbocycles. The molecule has 1 atom stereocenters. The number of hydrogen-bond acceptors (Lipinski definition) is 5. The van der Waals surface area contributed by atoms with Gasteiger partial charge in [0.05, 0.1) is 13.2 Å². The molecule has 6 nitrogen and oxygen atoms in total. The maximum absolute atomic E-state index is 12.0. The van der Waals surface area contributed by atoms with Gasteiger partial charge < -0.3 is 19.7 Å². The highest BCUT2D eigenvalue weighted by atomic mass is 16.5. The van der Waals surface area contributed by atoms with Crippen LogP contribution in [0.25, 0.3) is 0 Å². The second kappa shape index (κ2) is 8.33. The van der Waals surface area contributed by atoms with Crippen LogP contribution in [0.3, 0.4) is 0 Å². The molecule has 2 rings (SSSR count). The highest BCUT2D eigenvalue weighted by Crippen LogP contribution is 2.19. The summed E-state index contributed by atoms with van der Waals surface area (Å²) in [6, 6.07) is 7.58. The van der Waals surface area contributed by atoms with Crippen molar-refractivity contribution in [1.82, 2.24) is 0 Å². The Morgan fingerprint density at radius 2 is 1.91 bits per heavy atom. The lowest BCUT2D eigenvalue weighted by atomic mass is 10.2. The fraction of sp³-hybridized carbons (Fsp3) is 0.412. The summed E-state index contributed by atoms with van der Waals surface area (Å²) >= 11 is 0. The fourth-order valence-corrected chi connectivity index (χ4v) is 2.22. The van der Waals surface area contributed by atoms with Crippen LogP contribution in [-0.2, 0) is 19.1 Å². The van der Waals surface area contributed by atoms with E-state index in [1.165, 1.54) is 6.08 Å². The third-order valence-corrected chi connectivity index (χ3v) is 3.48. The van der Waals surface area contributed by atoms with Crippen LogP contribution >= 0.6 is 0 Å². The Balaban J connectivity index is 1.89. The van der Waals surface area contributed by atoms with Crippen molar-refractivity contribution in [2.75, 3.05) is 36.5 Å². The van der Waals surface area contributed by atoms with Gasteiger partial charge in [-0.25, -0.2) is 4.79 Å². The summed E-state index contributed by atoms with van der Waals surface area (Å²) in [5.74, 6) is -0.889. The molecule has 0 unspecified atom stereocenters. The van der Waals surface area contributed by atoms with Gasteiger partial charge in [-0.3, -0.25) is 4.79 Å². The van der Waals surface area contributed by atoms with E-state index in [-0.39, 0.29) is 5.91 Å². The number of amides is 1. The molecule has 1 aromatic rings. The molecule has 1 aliphatic rings. The second-order valence-electron chi connectivity index (χ2n) is 5.21. The minimum atomic E-state index is -0.849. The van der Waals surface area contributed by atoms with E-state index in [9.17, 15) is 9.59 Å². The first-order valence-electron chi connectivity index (χ1n) is 7.67. The van der Waals surface area contributed by atoms with Gasteiger partial charge in [0.1, 0.15) is 0 Å². The van der Waals surface area contributed by atoms with E-state index in [1.54, 1.807) is 19.9 Å². The summed E-state index contributed by atoms with van der Waals surface area (Å²) < 4.78 is 10.3. The lowest BCUT2D eigenvalue weighted by molar-refractivity contribution is -0.148. The zero-order valence-corrected chi connectivity index (χ0v) is 13.5. The molecule has 1 N–H and O–H groups in total. The number of benzene rings is 1. The number of esters is 1. The first-order chi connectivity index (χ1) is 11.1. The third-order valence-electron chi connectivity index (χ3n) is 3.48. The van der Waals surface area contributed by atoms with Crippen LogP contribution < -0.4 is 10.2 Å². The summed E-state index contributed by atoms with van der Waals surface area (Å²) in [5.41, 5.74) is 1.76. The van der Waals surface area contributed by atoms with Gasteiger partial charge in [0.25, 0.3) is 5.91 Å². The van der Waals surface area contributed by atoms with Crippen molar-refractivity contribution in [3.8, 4) is 0 Å². The smallest absolute Gasteiger partial charge is 0.331 e. The molecule has 124 valence electrons. The normalized spacial score (nSPS) is 16.2. The second-order valence-corrected chi connectivity index (χ2v) is 5.21. The number of nitrogens with one attached hydrogen (secondary N) is 1. The molecule has 1 fully saturated rings. The number of carbonyl (C=O) groups excluding carboxylic acids is 2. The number of morpholine rings is 1. The van der Waals surface area contributed by atoms with Gasteiger partial charge in [0.2, 0.25) is 0 Å². The maximum atomic E-state index is 12.0. The molecule has 0 aromatic heterocycles. The fourth-order valence-electron chi connectivity index (χ4n) is 2.22. The van der Waals surface area contributed by atoms with E-state index in [0.717, 1.165) is 32.0 Å². The van der Waals surface area contributed by atoms with E-state index >= 15 is 0 Å². The van der Waals surface area contributed by atoms with E-state index in [4.69, 9.17) is 9.47 Å². The molecule has 0 radical (unpaired) electrons. The van der Waals surface area contributed by atoms with Crippen molar-refractivity contribution < 1.29 is 19.1 Å². The number of rotatable bonds is 5. The van der Waals surface area contributed by atoms with Gasteiger partial charge in [0.15, 0.2) is 6.10 Å². The van der Waals surface area contributed by atoms with Crippen molar-refractivity contribution >= 4 is 23.3 Å². The SMILES string of the molecule is C/C=C\C(=O)O[C@@H](C)C(=O)Nc1ccc(N2CCOCC2)cc1. The van der Waals surface area contributed by atoms with Gasteiger partial charge in [0, 0.05) is 30.5 Å².